The minimum absolute atomic E-state index is 0. The number of nitrogens with zero attached hydrogens (tertiary/aromatic N) is 4. The van der Waals surface area contributed by atoms with Gasteiger partial charge in [-0.2, -0.15) is 4.98 Å². The molecule has 30 heavy (non-hydrogen) atoms. The van der Waals surface area contributed by atoms with Gasteiger partial charge in [0.1, 0.15) is 5.69 Å². The van der Waals surface area contributed by atoms with Crippen LogP contribution >= 0.6 is 35.7 Å². The SMILES string of the molecule is CN=C(NCCc1noc(-c2ccccn2)n1)NCC1(Sc2ccccc2)CC1.I. The zero-order valence-corrected chi connectivity index (χ0v) is 19.9. The first kappa shape index (κ1) is 22.5. The van der Waals surface area contributed by atoms with E-state index in [1.807, 2.05) is 30.0 Å². The summed E-state index contributed by atoms with van der Waals surface area (Å²) in [5, 5.41) is 10.8. The summed E-state index contributed by atoms with van der Waals surface area (Å²) in [6, 6.07) is 16.2. The Labute approximate surface area is 197 Å². The Balaban J connectivity index is 0.00000256. The highest BCUT2D eigenvalue weighted by Gasteiger charge is 2.43. The van der Waals surface area contributed by atoms with Crippen LogP contribution in [0.5, 0.6) is 0 Å². The molecule has 7 nitrogen and oxygen atoms in total. The third-order valence-corrected chi connectivity index (χ3v) is 6.17. The predicted molar refractivity (Wildman–Crippen MR) is 130 cm³/mol. The molecule has 0 aliphatic heterocycles. The highest BCUT2D eigenvalue weighted by molar-refractivity contribution is 14.0. The van der Waals surface area contributed by atoms with Crippen LogP contribution in [0.3, 0.4) is 0 Å². The molecule has 1 aliphatic rings. The zero-order valence-electron chi connectivity index (χ0n) is 16.7. The molecule has 3 aromatic rings. The van der Waals surface area contributed by atoms with E-state index in [0.717, 1.165) is 12.5 Å². The van der Waals surface area contributed by atoms with Crippen LogP contribution in [0, 0.1) is 0 Å². The highest BCUT2D eigenvalue weighted by Crippen LogP contribution is 2.51. The molecular weight excluding hydrogens is 511 g/mol. The number of thioether (sulfide) groups is 1. The molecule has 0 radical (unpaired) electrons. The lowest BCUT2D eigenvalue weighted by molar-refractivity contribution is 0.421. The lowest BCUT2D eigenvalue weighted by Gasteiger charge is -2.18. The van der Waals surface area contributed by atoms with Crippen LogP contribution in [0.25, 0.3) is 11.6 Å². The van der Waals surface area contributed by atoms with Crippen molar-refractivity contribution in [3.05, 3.63) is 60.6 Å². The molecule has 1 aliphatic carbocycles. The molecule has 4 rings (SSSR count). The molecule has 0 spiro atoms. The van der Waals surface area contributed by atoms with Gasteiger partial charge in [0.05, 0.1) is 0 Å². The van der Waals surface area contributed by atoms with Gasteiger partial charge in [-0.15, -0.1) is 35.7 Å². The molecular formula is C21H25IN6OS. The van der Waals surface area contributed by atoms with Gasteiger partial charge in [-0.3, -0.25) is 9.98 Å². The van der Waals surface area contributed by atoms with Crippen molar-refractivity contribution in [3.8, 4) is 11.6 Å². The molecule has 0 bridgehead atoms. The first-order valence-corrected chi connectivity index (χ1v) is 10.5. The number of guanidine groups is 1. The van der Waals surface area contributed by atoms with Gasteiger partial charge < -0.3 is 15.2 Å². The Morgan fingerprint density at radius 3 is 2.63 bits per heavy atom. The molecule has 2 N–H and O–H groups in total. The van der Waals surface area contributed by atoms with E-state index >= 15 is 0 Å². The normalized spacial score (nSPS) is 14.6. The number of halogens is 1. The molecule has 9 heteroatoms. The second-order valence-electron chi connectivity index (χ2n) is 6.93. The smallest absolute Gasteiger partial charge is 0.276 e. The molecule has 0 atom stereocenters. The number of hydrogen-bond acceptors (Lipinski definition) is 6. The number of aliphatic imine (C=N–C) groups is 1. The van der Waals surface area contributed by atoms with E-state index in [-0.39, 0.29) is 28.7 Å². The van der Waals surface area contributed by atoms with E-state index in [4.69, 9.17) is 4.52 Å². The summed E-state index contributed by atoms with van der Waals surface area (Å²) in [6.45, 7) is 1.55. The molecule has 1 aromatic carbocycles. The van der Waals surface area contributed by atoms with Crippen molar-refractivity contribution in [1.29, 1.82) is 0 Å². The van der Waals surface area contributed by atoms with Crippen LogP contribution in [0.2, 0.25) is 0 Å². The summed E-state index contributed by atoms with van der Waals surface area (Å²) in [6.07, 6.45) is 4.78. The van der Waals surface area contributed by atoms with Crippen LogP contribution in [0.4, 0.5) is 0 Å². The Kier molecular flexibility index (Phi) is 8.08. The third kappa shape index (κ3) is 6.18. The summed E-state index contributed by atoms with van der Waals surface area (Å²) >= 11 is 1.95. The minimum Gasteiger partial charge on any atom is -0.356 e. The lowest BCUT2D eigenvalue weighted by atomic mass is 10.3. The summed E-state index contributed by atoms with van der Waals surface area (Å²) in [4.78, 5) is 14.3. The van der Waals surface area contributed by atoms with Crippen LogP contribution in [0.15, 0.2) is 69.1 Å². The lowest BCUT2D eigenvalue weighted by Crippen LogP contribution is -2.41. The molecule has 2 aromatic heterocycles. The van der Waals surface area contributed by atoms with Crippen molar-refractivity contribution in [1.82, 2.24) is 25.8 Å². The molecule has 0 amide bonds. The van der Waals surface area contributed by atoms with Gasteiger partial charge in [-0.25, -0.2) is 0 Å². The van der Waals surface area contributed by atoms with Crippen LogP contribution in [-0.2, 0) is 6.42 Å². The Morgan fingerprint density at radius 2 is 1.93 bits per heavy atom. The third-order valence-electron chi connectivity index (χ3n) is 4.68. The Morgan fingerprint density at radius 1 is 1.13 bits per heavy atom. The van der Waals surface area contributed by atoms with Crippen molar-refractivity contribution < 1.29 is 4.52 Å². The predicted octanol–water partition coefficient (Wildman–Crippen LogP) is 3.78. The van der Waals surface area contributed by atoms with Gasteiger partial charge in [0.15, 0.2) is 11.8 Å². The number of nitrogens with one attached hydrogen (secondary N) is 2. The molecule has 1 fully saturated rings. The monoisotopic (exact) mass is 536 g/mol. The van der Waals surface area contributed by atoms with E-state index in [9.17, 15) is 0 Å². The maximum atomic E-state index is 5.29. The van der Waals surface area contributed by atoms with Gasteiger partial charge in [-0.1, -0.05) is 29.4 Å². The van der Waals surface area contributed by atoms with E-state index < -0.39 is 0 Å². The quantitative estimate of drug-likeness (QED) is 0.257. The van der Waals surface area contributed by atoms with Crippen LogP contribution in [-0.4, -0.2) is 46.0 Å². The van der Waals surface area contributed by atoms with Crippen molar-refractivity contribution in [2.45, 2.75) is 28.9 Å². The van der Waals surface area contributed by atoms with Gasteiger partial charge in [0.2, 0.25) is 0 Å². The molecule has 1 saturated carbocycles. The van der Waals surface area contributed by atoms with Gasteiger partial charge in [0.25, 0.3) is 5.89 Å². The van der Waals surface area contributed by atoms with Gasteiger partial charge >= 0.3 is 0 Å². The Hall–Kier alpha value is -2.14. The first-order valence-electron chi connectivity index (χ1n) is 9.69. The van der Waals surface area contributed by atoms with E-state index in [1.165, 1.54) is 17.7 Å². The maximum absolute atomic E-state index is 5.29. The van der Waals surface area contributed by atoms with E-state index in [2.05, 4.69) is 61.1 Å². The highest BCUT2D eigenvalue weighted by atomic mass is 127. The standard InChI is InChI=1S/C21H24N6OS.HI/c1-22-20(25-15-21(11-12-21)29-16-7-3-2-4-8-16)24-14-10-18-26-19(28-27-18)17-9-5-6-13-23-17;/h2-9,13H,10-12,14-15H2,1H3,(H2,22,24,25);1H. The largest absolute Gasteiger partial charge is 0.356 e. The van der Waals surface area contributed by atoms with Gasteiger partial charge in [0, 0.05) is 42.4 Å². The second kappa shape index (κ2) is 10.8. The number of hydrogen-bond donors (Lipinski definition) is 2. The number of rotatable bonds is 8. The summed E-state index contributed by atoms with van der Waals surface area (Å²) in [5.41, 5.74) is 0.683. The fourth-order valence-electron chi connectivity index (χ4n) is 2.90. The topological polar surface area (TPSA) is 88.2 Å². The minimum atomic E-state index is 0. The molecule has 2 heterocycles. The molecule has 0 saturated heterocycles. The zero-order chi connectivity index (χ0) is 19.9. The number of pyridine rings is 1. The van der Waals surface area contributed by atoms with E-state index in [0.29, 0.717) is 30.4 Å². The number of benzene rings is 1. The average molecular weight is 536 g/mol. The fraction of sp³-hybridized carbons (Fsp3) is 0.333. The maximum Gasteiger partial charge on any atom is 0.276 e. The molecule has 0 unspecified atom stereocenters. The van der Waals surface area contributed by atoms with Crippen LogP contribution < -0.4 is 10.6 Å². The summed E-state index contributed by atoms with van der Waals surface area (Å²) < 4.78 is 5.56. The van der Waals surface area contributed by atoms with Crippen molar-refractivity contribution >= 4 is 41.7 Å². The molecule has 158 valence electrons. The van der Waals surface area contributed by atoms with Crippen molar-refractivity contribution in [3.63, 3.8) is 0 Å². The van der Waals surface area contributed by atoms with Crippen molar-refractivity contribution in [2.75, 3.05) is 20.1 Å². The van der Waals surface area contributed by atoms with Crippen molar-refractivity contribution in [2.24, 2.45) is 4.99 Å². The first-order chi connectivity index (χ1) is 14.3. The second-order valence-corrected chi connectivity index (χ2v) is 8.47. The Bertz CT molecular complexity index is 946. The fourth-order valence-corrected chi connectivity index (χ4v) is 4.14. The summed E-state index contributed by atoms with van der Waals surface area (Å²) in [7, 11) is 1.78. The van der Waals surface area contributed by atoms with E-state index in [1.54, 1.807) is 13.2 Å². The average Bonchev–Trinajstić information content (AvgIpc) is 3.36. The van der Waals surface area contributed by atoms with Gasteiger partial charge in [-0.05, 0) is 37.1 Å². The summed E-state index contributed by atoms with van der Waals surface area (Å²) in [5.74, 6) is 1.88. The van der Waals surface area contributed by atoms with Crippen LogP contribution in [0.1, 0.15) is 18.7 Å². The number of aromatic nitrogens is 3.